The Balaban J connectivity index is 1.89. The van der Waals surface area contributed by atoms with Crippen LogP contribution in [0.25, 0.3) is 10.9 Å². The highest BCUT2D eigenvalue weighted by atomic mass is 16.5. The molecule has 148 valence electrons. The number of H-pyrrole nitrogens is 1. The molecule has 0 aliphatic heterocycles. The zero-order valence-corrected chi connectivity index (χ0v) is 15.4. The average molecular weight is 378 g/mol. The van der Waals surface area contributed by atoms with Gasteiger partial charge in [-0.25, -0.2) is 0 Å². The maximum absolute atomic E-state index is 11.4. The van der Waals surface area contributed by atoms with E-state index in [0.717, 1.165) is 29.4 Å². The molecule has 27 heavy (non-hydrogen) atoms. The third-order valence-corrected chi connectivity index (χ3v) is 5.15. The standard InChI is InChI=1S/C19H26N2O6/c1-21(2)7-6-10-9-20-12-4-3-5-13(15(10)12)27-14-8-11(19(25)26)16(22)18(24)17(14)23/h3-5,9,11,14,16-18,20,22-24H,6-8H2,1-2H3,(H,25,26)/t11-,14+,16+,17-,18-/m0/s1. The molecule has 0 bridgehead atoms. The number of carbonyl (C=O) groups is 1. The summed E-state index contributed by atoms with van der Waals surface area (Å²) in [5, 5.41) is 40.4. The Kier molecular flexibility index (Phi) is 5.71. The van der Waals surface area contributed by atoms with Crippen molar-refractivity contribution in [3.63, 3.8) is 0 Å². The summed E-state index contributed by atoms with van der Waals surface area (Å²) < 4.78 is 5.97. The molecule has 5 atom stereocenters. The predicted octanol–water partition coefficient (Wildman–Crippen LogP) is 0.207. The molecule has 2 aromatic rings. The van der Waals surface area contributed by atoms with E-state index in [1.54, 1.807) is 12.1 Å². The smallest absolute Gasteiger partial charge is 0.309 e. The van der Waals surface area contributed by atoms with Crippen LogP contribution in [0.3, 0.4) is 0 Å². The van der Waals surface area contributed by atoms with Crippen LogP contribution in [0.4, 0.5) is 0 Å². The van der Waals surface area contributed by atoms with Gasteiger partial charge >= 0.3 is 5.97 Å². The van der Waals surface area contributed by atoms with Gasteiger partial charge in [0.1, 0.15) is 24.1 Å². The highest BCUT2D eigenvalue weighted by molar-refractivity contribution is 5.89. The molecular weight excluding hydrogens is 352 g/mol. The lowest BCUT2D eigenvalue weighted by Gasteiger charge is -2.38. The molecule has 0 amide bonds. The number of aliphatic hydroxyl groups is 3. The van der Waals surface area contributed by atoms with Gasteiger partial charge in [-0.15, -0.1) is 0 Å². The molecule has 1 aromatic heterocycles. The van der Waals surface area contributed by atoms with Gasteiger partial charge in [-0.3, -0.25) is 4.79 Å². The van der Waals surface area contributed by atoms with Gasteiger partial charge in [0.15, 0.2) is 0 Å². The summed E-state index contributed by atoms with van der Waals surface area (Å²) in [4.78, 5) is 16.6. The van der Waals surface area contributed by atoms with Gasteiger partial charge in [0, 0.05) is 30.1 Å². The van der Waals surface area contributed by atoms with Crippen LogP contribution in [0.1, 0.15) is 12.0 Å². The normalized spacial score (nSPS) is 28.6. The summed E-state index contributed by atoms with van der Waals surface area (Å²) in [5.41, 5.74) is 1.93. The van der Waals surface area contributed by atoms with Crippen molar-refractivity contribution >= 4 is 16.9 Å². The number of hydrogen-bond donors (Lipinski definition) is 5. The minimum absolute atomic E-state index is 0.0947. The monoisotopic (exact) mass is 378 g/mol. The Morgan fingerprint density at radius 1 is 1.22 bits per heavy atom. The second kappa shape index (κ2) is 7.85. The van der Waals surface area contributed by atoms with Crippen molar-refractivity contribution < 1.29 is 30.0 Å². The van der Waals surface area contributed by atoms with Gasteiger partial charge in [0.2, 0.25) is 0 Å². The molecule has 5 N–H and O–H groups in total. The summed E-state index contributed by atoms with van der Waals surface area (Å²) in [5.74, 6) is -1.92. The van der Waals surface area contributed by atoms with Gasteiger partial charge in [-0.2, -0.15) is 0 Å². The van der Waals surface area contributed by atoms with Crippen LogP contribution in [0.15, 0.2) is 24.4 Å². The van der Waals surface area contributed by atoms with Crippen molar-refractivity contribution in [1.82, 2.24) is 9.88 Å². The van der Waals surface area contributed by atoms with E-state index in [1.807, 2.05) is 26.4 Å². The maximum Gasteiger partial charge on any atom is 0.309 e. The number of ether oxygens (including phenoxy) is 1. The van der Waals surface area contributed by atoms with Gasteiger partial charge in [-0.1, -0.05) is 6.07 Å². The number of benzene rings is 1. The minimum atomic E-state index is -1.58. The van der Waals surface area contributed by atoms with E-state index >= 15 is 0 Å². The van der Waals surface area contributed by atoms with E-state index in [9.17, 15) is 25.2 Å². The molecule has 1 heterocycles. The number of aromatic amines is 1. The number of carboxylic acids is 1. The first kappa shape index (κ1) is 19.6. The highest BCUT2D eigenvalue weighted by Gasteiger charge is 2.47. The molecule has 0 radical (unpaired) electrons. The van der Waals surface area contributed by atoms with Crippen molar-refractivity contribution in [2.24, 2.45) is 5.92 Å². The number of rotatable bonds is 6. The molecule has 3 rings (SSSR count). The molecule has 1 aromatic carbocycles. The van der Waals surface area contributed by atoms with Crippen molar-refractivity contribution in [3.05, 3.63) is 30.0 Å². The number of aliphatic hydroxyl groups excluding tert-OH is 3. The molecule has 0 spiro atoms. The topological polar surface area (TPSA) is 126 Å². The number of aromatic nitrogens is 1. The van der Waals surface area contributed by atoms with Crippen LogP contribution in [-0.2, 0) is 11.2 Å². The second-order valence-electron chi connectivity index (χ2n) is 7.35. The summed E-state index contributed by atoms with van der Waals surface area (Å²) in [6, 6.07) is 5.48. The first-order valence-electron chi connectivity index (χ1n) is 8.97. The van der Waals surface area contributed by atoms with Crippen LogP contribution in [0.2, 0.25) is 0 Å². The zero-order valence-electron chi connectivity index (χ0n) is 15.4. The van der Waals surface area contributed by atoms with Gasteiger partial charge in [-0.05, 0) is 38.2 Å². The molecule has 1 saturated carbocycles. The lowest BCUT2D eigenvalue weighted by atomic mass is 9.80. The molecule has 8 heteroatoms. The molecule has 1 aliphatic carbocycles. The summed E-state index contributed by atoms with van der Waals surface area (Å²) in [6.07, 6.45) is -2.82. The molecule has 0 saturated heterocycles. The fourth-order valence-electron chi connectivity index (χ4n) is 3.58. The van der Waals surface area contributed by atoms with Gasteiger partial charge in [0.05, 0.1) is 12.0 Å². The van der Waals surface area contributed by atoms with Crippen LogP contribution in [0, 0.1) is 5.92 Å². The average Bonchev–Trinajstić information content (AvgIpc) is 3.04. The third kappa shape index (κ3) is 3.93. The summed E-state index contributed by atoms with van der Waals surface area (Å²) in [6.45, 7) is 0.847. The molecule has 1 aliphatic rings. The molecular formula is C19H26N2O6. The van der Waals surface area contributed by atoms with Crippen LogP contribution in [0.5, 0.6) is 5.75 Å². The van der Waals surface area contributed by atoms with Crippen molar-refractivity contribution in [2.45, 2.75) is 37.3 Å². The third-order valence-electron chi connectivity index (χ3n) is 5.15. The number of likely N-dealkylation sites (N-methyl/N-ethyl adjacent to an activating group) is 1. The number of nitrogens with one attached hydrogen (secondary N) is 1. The van der Waals surface area contributed by atoms with E-state index in [1.165, 1.54) is 0 Å². The number of aliphatic carboxylic acids is 1. The Morgan fingerprint density at radius 3 is 2.63 bits per heavy atom. The maximum atomic E-state index is 11.4. The van der Waals surface area contributed by atoms with Gasteiger partial charge < -0.3 is 35.0 Å². The van der Waals surface area contributed by atoms with Crippen LogP contribution >= 0.6 is 0 Å². The molecule has 0 unspecified atom stereocenters. The summed E-state index contributed by atoms with van der Waals surface area (Å²) in [7, 11) is 3.98. The van der Waals surface area contributed by atoms with E-state index in [0.29, 0.717) is 5.75 Å². The fourth-order valence-corrected chi connectivity index (χ4v) is 3.58. The van der Waals surface area contributed by atoms with Crippen LogP contribution < -0.4 is 4.74 Å². The first-order chi connectivity index (χ1) is 12.8. The Morgan fingerprint density at radius 2 is 1.96 bits per heavy atom. The van der Waals surface area contributed by atoms with E-state index in [4.69, 9.17) is 4.74 Å². The molecule has 1 fully saturated rings. The Labute approximate surface area is 157 Å². The van der Waals surface area contributed by atoms with Crippen molar-refractivity contribution in [2.75, 3.05) is 20.6 Å². The largest absolute Gasteiger partial charge is 0.487 e. The number of fused-ring (bicyclic) bond motifs is 1. The summed E-state index contributed by atoms with van der Waals surface area (Å²) >= 11 is 0. The van der Waals surface area contributed by atoms with Crippen molar-refractivity contribution in [3.8, 4) is 5.75 Å². The lowest BCUT2D eigenvalue weighted by Crippen LogP contribution is -2.57. The minimum Gasteiger partial charge on any atom is -0.487 e. The van der Waals surface area contributed by atoms with E-state index in [2.05, 4.69) is 9.88 Å². The van der Waals surface area contributed by atoms with E-state index in [-0.39, 0.29) is 6.42 Å². The Bertz CT molecular complexity index is 805. The quantitative estimate of drug-likeness (QED) is 0.486. The second-order valence-corrected chi connectivity index (χ2v) is 7.35. The number of carboxylic acid groups (broad SMARTS) is 1. The lowest BCUT2D eigenvalue weighted by molar-refractivity contribution is -0.174. The van der Waals surface area contributed by atoms with Crippen LogP contribution in [-0.4, -0.2) is 81.3 Å². The van der Waals surface area contributed by atoms with Crippen molar-refractivity contribution in [1.29, 1.82) is 0 Å². The predicted molar refractivity (Wildman–Crippen MR) is 98.7 cm³/mol. The first-order valence-corrected chi connectivity index (χ1v) is 8.97. The molecule has 8 nitrogen and oxygen atoms in total. The fraction of sp³-hybridized carbons (Fsp3) is 0.526. The Hall–Kier alpha value is -2.13. The highest BCUT2D eigenvalue weighted by Crippen LogP contribution is 2.34. The van der Waals surface area contributed by atoms with E-state index < -0.39 is 36.3 Å². The van der Waals surface area contributed by atoms with Gasteiger partial charge in [0.25, 0.3) is 0 Å². The number of hydrogen-bond acceptors (Lipinski definition) is 6. The SMILES string of the molecule is CN(C)CCc1c[nH]c2cccc(O[C@@H]3C[C@H](C(=O)O)[C@@H](O)[C@H](O)[C@H]3O)c12. The number of nitrogens with zero attached hydrogens (tertiary/aromatic N) is 1. The zero-order chi connectivity index (χ0) is 19.7.